The van der Waals surface area contributed by atoms with Gasteiger partial charge in [0.05, 0.1) is 6.54 Å². The van der Waals surface area contributed by atoms with Crippen molar-refractivity contribution in [3.05, 3.63) is 42.5 Å². The van der Waals surface area contributed by atoms with Gasteiger partial charge in [-0.2, -0.15) is 0 Å². The van der Waals surface area contributed by atoms with E-state index in [9.17, 15) is 4.79 Å². The summed E-state index contributed by atoms with van der Waals surface area (Å²) in [6.07, 6.45) is 1.73. The van der Waals surface area contributed by atoms with Crippen molar-refractivity contribution in [3.63, 3.8) is 0 Å². The zero-order chi connectivity index (χ0) is 13.4. The molecule has 0 fully saturated rings. The Kier molecular flexibility index (Phi) is 6.11. The second-order valence-electron chi connectivity index (χ2n) is 4.40. The summed E-state index contributed by atoms with van der Waals surface area (Å²) in [7, 11) is 4.06. The Morgan fingerprint density at radius 1 is 1.33 bits per heavy atom. The van der Waals surface area contributed by atoms with Crippen LogP contribution in [-0.2, 0) is 11.3 Å². The Morgan fingerprint density at radius 2 is 2.00 bits per heavy atom. The maximum Gasteiger partial charge on any atom is 0.238 e. The van der Waals surface area contributed by atoms with Gasteiger partial charge in [-0.3, -0.25) is 4.79 Å². The van der Waals surface area contributed by atoms with E-state index in [1.54, 1.807) is 6.08 Å². The van der Waals surface area contributed by atoms with E-state index in [2.05, 4.69) is 22.1 Å². The standard InChI is InChI=1S/C14H21N3O/c1-4-9-15-10-14(18)16-13-7-5-12(6-8-13)11-17(2)3/h4-8,15H,1,9-11H2,2-3H3,(H,16,18). The van der Waals surface area contributed by atoms with E-state index >= 15 is 0 Å². The van der Waals surface area contributed by atoms with Crippen molar-refractivity contribution in [3.8, 4) is 0 Å². The Labute approximate surface area is 109 Å². The number of benzene rings is 1. The van der Waals surface area contributed by atoms with Gasteiger partial charge in [0, 0.05) is 18.8 Å². The van der Waals surface area contributed by atoms with Crippen LogP contribution in [0.5, 0.6) is 0 Å². The van der Waals surface area contributed by atoms with Crippen LogP contribution in [0, 0.1) is 0 Å². The van der Waals surface area contributed by atoms with Gasteiger partial charge in [0.15, 0.2) is 0 Å². The van der Waals surface area contributed by atoms with Crippen molar-refractivity contribution in [1.29, 1.82) is 0 Å². The van der Waals surface area contributed by atoms with Gasteiger partial charge >= 0.3 is 0 Å². The molecule has 0 bridgehead atoms. The lowest BCUT2D eigenvalue weighted by molar-refractivity contribution is -0.115. The maximum atomic E-state index is 11.5. The molecule has 1 amide bonds. The fourth-order valence-corrected chi connectivity index (χ4v) is 1.55. The molecule has 0 radical (unpaired) electrons. The number of anilines is 1. The zero-order valence-corrected chi connectivity index (χ0v) is 11.1. The average Bonchev–Trinajstić information content (AvgIpc) is 2.31. The van der Waals surface area contributed by atoms with Crippen molar-refractivity contribution < 1.29 is 4.79 Å². The van der Waals surface area contributed by atoms with E-state index < -0.39 is 0 Å². The van der Waals surface area contributed by atoms with E-state index in [0.717, 1.165) is 12.2 Å². The first kappa shape index (κ1) is 14.4. The first-order chi connectivity index (χ1) is 8.61. The van der Waals surface area contributed by atoms with Crippen molar-refractivity contribution >= 4 is 11.6 Å². The third kappa shape index (κ3) is 5.61. The number of carbonyl (C=O) groups is 1. The molecule has 18 heavy (non-hydrogen) atoms. The summed E-state index contributed by atoms with van der Waals surface area (Å²) >= 11 is 0. The van der Waals surface area contributed by atoms with Crippen LogP contribution >= 0.6 is 0 Å². The molecule has 0 saturated carbocycles. The predicted octanol–water partition coefficient (Wildman–Crippen LogP) is 1.46. The molecule has 1 aromatic carbocycles. The molecule has 0 spiro atoms. The number of hydrogen-bond donors (Lipinski definition) is 2. The summed E-state index contributed by atoms with van der Waals surface area (Å²) in [5, 5.41) is 5.79. The predicted molar refractivity (Wildman–Crippen MR) is 75.5 cm³/mol. The molecule has 1 aromatic rings. The van der Waals surface area contributed by atoms with Crippen molar-refractivity contribution in [1.82, 2.24) is 10.2 Å². The Balaban J connectivity index is 2.42. The van der Waals surface area contributed by atoms with Crippen LogP contribution in [0.1, 0.15) is 5.56 Å². The molecule has 0 aliphatic carbocycles. The summed E-state index contributed by atoms with van der Waals surface area (Å²) in [4.78, 5) is 13.6. The molecule has 0 unspecified atom stereocenters. The third-order valence-electron chi connectivity index (χ3n) is 2.31. The van der Waals surface area contributed by atoms with E-state index in [0.29, 0.717) is 13.1 Å². The van der Waals surface area contributed by atoms with Gasteiger partial charge in [0.2, 0.25) is 5.91 Å². The van der Waals surface area contributed by atoms with Crippen LogP contribution in [0.25, 0.3) is 0 Å². The average molecular weight is 247 g/mol. The van der Waals surface area contributed by atoms with Crippen LogP contribution < -0.4 is 10.6 Å². The lowest BCUT2D eigenvalue weighted by Gasteiger charge is -2.10. The quantitative estimate of drug-likeness (QED) is 0.566. The summed E-state index contributed by atoms with van der Waals surface area (Å²) in [5.41, 5.74) is 2.05. The van der Waals surface area contributed by atoms with Gasteiger partial charge in [-0.05, 0) is 31.8 Å². The topological polar surface area (TPSA) is 44.4 Å². The van der Waals surface area contributed by atoms with E-state index in [1.165, 1.54) is 5.56 Å². The lowest BCUT2D eigenvalue weighted by Crippen LogP contribution is -2.28. The van der Waals surface area contributed by atoms with Crippen LogP contribution in [-0.4, -0.2) is 38.0 Å². The SMILES string of the molecule is C=CCNCC(=O)Nc1ccc(CN(C)C)cc1. The molecule has 98 valence electrons. The second kappa shape index (κ2) is 7.63. The summed E-state index contributed by atoms with van der Waals surface area (Å²) < 4.78 is 0. The molecule has 0 aromatic heterocycles. The van der Waals surface area contributed by atoms with E-state index in [1.807, 2.05) is 38.4 Å². The minimum Gasteiger partial charge on any atom is -0.325 e. The fraction of sp³-hybridized carbons (Fsp3) is 0.357. The molecule has 0 aliphatic heterocycles. The minimum atomic E-state index is -0.0443. The highest BCUT2D eigenvalue weighted by Crippen LogP contribution is 2.10. The summed E-state index contributed by atoms with van der Waals surface area (Å²) in [6.45, 7) is 5.41. The number of nitrogens with one attached hydrogen (secondary N) is 2. The minimum absolute atomic E-state index is 0.0443. The summed E-state index contributed by atoms with van der Waals surface area (Å²) in [5.74, 6) is -0.0443. The first-order valence-electron chi connectivity index (χ1n) is 5.97. The van der Waals surface area contributed by atoms with Crippen molar-refractivity contribution in [2.45, 2.75) is 6.54 Å². The second-order valence-corrected chi connectivity index (χ2v) is 4.40. The largest absolute Gasteiger partial charge is 0.325 e. The summed E-state index contributed by atoms with van der Waals surface area (Å²) in [6, 6.07) is 7.88. The highest BCUT2D eigenvalue weighted by molar-refractivity contribution is 5.92. The van der Waals surface area contributed by atoms with Gasteiger partial charge in [-0.15, -0.1) is 6.58 Å². The van der Waals surface area contributed by atoms with Crippen molar-refractivity contribution in [2.75, 3.05) is 32.5 Å². The van der Waals surface area contributed by atoms with Gasteiger partial charge < -0.3 is 15.5 Å². The Morgan fingerprint density at radius 3 is 2.56 bits per heavy atom. The van der Waals surface area contributed by atoms with Crippen LogP contribution in [0.4, 0.5) is 5.69 Å². The lowest BCUT2D eigenvalue weighted by atomic mass is 10.2. The van der Waals surface area contributed by atoms with E-state index in [-0.39, 0.29) is 5.91 Å². The van der Waals surface area contributed by atoms with Gasteiger partial charge in [0.25, 0.3) is 0 Å². The maximum absolute atomic E-state index is 11.5. The van der Waals surface area contributed by atoms with Gasteiger partial charge in [-0.25, -0.2) is 0 Å². The molecular weight excluding hydrogens is 226 g/mol. The van der Waals surface area contributed by atoms with Crippen LogP contribution in [0.2, 0.25) is 0 Å². The number of hydrogen-bond acceptors (Lipinski definition) is 3. The van der Waals surface area contributed by atoms with Crippen LogP contribution in [0.15, 0.2) is 36.9 Å². The Bertz CT molecular complexity index is 385. The normalized spacial score (nSPS) is 10.4. The highest BCUT2D eigenvalue weighted by Gasteiger charge is 2.01. The zero-order valence-electron chi connectivity index (χ0n) is 11.1. The molecule has 1 rings (SSSR count). The Hall–Kier alpha value is -1.65. The number of nitrogens with zero attached hydrogens (tertiary/aromatic N) is 1. The van der Waals surface area contributed by atoms with E-state index in [4.69, 9.17) is 0 Å². The van der Waals surface area contributed by atoms with Crippen molar-refractivity contribution in [2.24, 2.45) is 0 Å². The molecule has 0 aliphatic rings. The molecule has 0 atom stereocenters. The molecular formula is C14H21N3O. The number of rotatable bonds is 7. The molecule has 4 heteroatoms. The molecule has 2 N–H and O–H groups in total. The van der Waals surface area contributed by atoms with Crippen LogP contribution in [0.3, 0.4) is 0 Å². The third-order valence-corrected chi connectivity index (χ3v) is 2.31. The molecule has 4 nitrogen and oxygen atoms in total. The molecule has 0 saturated heterocycles. The number of carbonyl (C=O) groups excluding carboxylic acids is 1. The first-order valence-corrected chi connectivity index (χ1v) is 5.97. The van der Waals surface area contributed by atoms with Gasteiger partial charge in [-0.1, -0.05) is 18.2 Å². The smallest absolute Gasteiger partial charge is 0.238 e. The monoisotopic (exact) mass is 247 g/mol. The fourth-order valence-electron chi connectivity index (χ4n) is 1.55. The number of amides is 1. The highest BCUT2D eigenvalue weighted by atomic mass is 16.1. The molecule has 0 heterocycles. The van der Waals surface area contributed by atoms with Gasteiger partial charge in [0.1, 0.15) is 0 Å².